The van der Waals surface area contributed by atoms with Crippen LogP contribution in [0.25, 0.3) is 0 Å². The summed E-state index contributed by atoms with van der Waals surface area (Å²) in [6.07, 6.45) is -7.81. The monoisotopic (exact) mass is 533 g/mol. The number of anilines is 1. The Morgan fingerprint density at radius 2 is 1.70 bits per heavy atom. The molecule has 9 nitrogen and oxygen atoms in total. The maximum atomic E-state index is 13.5. The van der Waals surface area contributed by atoms with Gasteiger partial charge in [-0.05, 0) is 17.4 Å². The number of hydrogen-bond donors (Lipinski definition) is 2. The highest BCUT2D eigenvalue weighted by atomic mass is 19.4. The topological polar surface area (TPSA) is 107 Å². The molecule has 1 saturated heterocycles. The summed E-state index contributed by atoms with van der Waals surface area (Å²) < 4.78 is 78.5. The van der Waals surface area contributed by atoms with E-state index in [1.165, 1.54) is 0 Å². The summed E-state index contributed by atoms with van der Waals surface area (Å²) in [5.74, 6) is -0.0328. The van der Waals surface area contributed by atoms with E-state index in [1.807, 2.05) is 5.10 Å². The zero-order valence-electron chi connectivity index (χ0n) is 20.0. The van der Waals surface area contributed by atoms with E-state index in [9.17, 15) is 35.9 Å². The van der Waals surface area contributed by atoms with E-state index >= 15 is 0 Å². The van der Waals surface area contributed by atoms with E-state index in [4.69, 9.17) is 0 Å². The third-order valence-corrected chi connectivity index (χ3v) is 6.65. The smallest absolute Gasteiger partial charge is 0.339 e. The molecule has 1 fully saturated rings. The lowest BCUT2D eigenvalue weighted by Gasteiger charge is -2.35. The van der Waals surface area contributed by atoms with Gasteiger partial charge in [-0.25, -0.2) is 15.1 Å². The molecule has 0 radical (unpaired) electrons. The van der Waals surface area contributed by atoms with Crippen LogP contribution in [0.15, 0.2) is 17.2 Å². The van der Waals surface area contributed by atoms with Crippen molar-refractivity contribution in [2.24, 2.45) is 5.41 Å². The lowest BCUT2D eigenvalue weighted by atomic mass is 9.85. The Bertz CT molecular complexity index is 1200. The highest BCUT2D eigenvalue weighted by Gasteiger charge is 2.47. The molecule has 15 heteroatoms. The quantitative estimate of drug-likeness (QED) is 0.569. The largest absolute Gasteiger partial charge is 0.422 e. The SMILES string of the molecule is CC1(C)Cc2c(n[nH]c(=O)c2C(F)(F)F)C1NCCC(=O)N1CCN(c2ncc(C(F)(F)F)cn2)CC1. The van der Waals surface area contributed by atoms with Gasteiger partial charge in [0.2, 0.25) is 11.9 Å². The van der Waals surface area contributed by atoms with Gasteiger partial charge in [-0.1, -0.05) is 13.8 Å². The first kappa shape index (κ1) is 26.8. The summed E-state index contributed by atoms with van der Waals surface area (Å²) in [5, 5.41) is 8.95. The fourth-order valence-corrected chi connectivity index (χ4v) is 4.79. The molecule has 2 aromatic heterocycles. The number of carbonyl (C=O) groups is 1. The minimum atomic E-state index is -4.81. The number of amides is 1. The Morgan fingerprint density at radius 3 is 2.27 bits per heavy atom. The van der Waals surface area contributed by atoms with Crippen molar-refractivity contribution in [3.63, 3.8) is 0 Å². The third kappa shape index (κ3) is 5.55. The maximum Gasteiger partial charge on any atom is 0.422 e. The number of fused-ring (bicyclic) bond motifs is 1. The van der Waals surface area contributed by atoms with Crippen molar-refractivity contribution < 1.29 is 31.1 Å². The Labute approximate surface area is 207 Å². The number of halogens is 6. The molecule has 1 aliphatic heterocycles. The second-order valence-electron chi connectivity index (χ2n) is 9.73. The average Bonchev–Trinajstić information content (AvgIpc) is 3.06. The highest BCUT2D eigenvalue weighted by Crippen LogP contribution is 2.47. The summed E-state index contributed by atoms with van der Waals surface area (Å²) in [6, 6.07) is -0.595. The van der Waals surface area contributed by atoms with Crippen LogP contribution >= 0.6 is 0 Å². The van der Waals surface area contributed by atoms with E-state index in [-0.39, 0.29) is 42.5 Å². The molecular formula is C22H25F6N7O2. The number of aromatic amines is 1. The number of aromatic nitrogens is 4. The Morgan fingerprint density at radius 1 is 1.08 bits per heavy atom. The first-order chi connectivity index (χ1) is 17.2. The summed E-state index contributed by atoms with van der Waals surface area (Å²) >= 11 is 0. The normalized spacial score (nSPS) is 19.7. The minimum Gasteiger partial charge on any atom is -0.339 e. The minimum absolute atomic E-state index is 0.00763. The summed E-state index contributed by atoms with van der Waals surface area (Å²) in [4.78, 5) is 35.4. The van der Waals surface area contributed by atoms with E-state index in [0.29, 0.717) is 26.2 Å². The van der Waals surface area contributed by atoms with Crippen LogP contribution in [0.4, 0.5) is 32.3 Å². The Hall–Kier alpha value is -3.23. The van der Waals surface area contributed by atoms with E-state index in [1.54, 1.807) is 23.6 Å². The van der Waals surface area contributed by atoms with Gasteiger partial charge in [-0.15, -0.1) is 0 Å². The molecule has 0 aromatic carbocycles. The number of H-pyrrole nitrogens is 1. The van der Waals surface area contributed by atoms with Crippen molar-refractivity contribution in [2.45, 2.75) is 45.1 Å². The lowest BCUT2D eigenvalue weighted by molar-refractivity contribution is -0.139. The predicted octanol–water partition coefficient (Wildman–Crippen LogP) is 2.55. The van der Waals surface area contributed by atoms with E-state index in [2.05, 4.69) is 20.4 Å². The van der Waals surface area contributed by atoms with Gasteiger partial charge in [-0.2, -0.15) is 31.4 Å². The summed E-state index contributed by atoms with van der Waals surface area (Å²) in [7, 11) is 0. The van der Waals surface area contributed by atoms with Crippen molar-refractivity contribution in [1.29, 1.82) is 0 Å². The van der Waals surface area contributed by atoms with Crippen LogP contribution in [0.2, 0.25) is 0 Å². The Kier molecular flexibility index (Phi) is 6.94. The molecule has 1 amide bonds. The van der Waals surface area contributed by atoms with Crippen molar-refractivity contribution in [3.8, 4) is 0 Å². The molecule has 0 saturated carbocycles. The zero-order chi connectivity index (χ0) is 27.2. The Balaban J connectivity index is 1.32. The van der Waals surface area contributed by atoms with Crippen LogP contribution < -0.4 is 15.8 Å². The highest BCUT2D eigenvalue weighted by molar-refractivity contribution is 5.76. The molecule has 1 aliphatic carbocycles. The van der Waals surface area contributed by atoms with Crippen LogP contribution in [0.3, 0.4) is 0 Å². The third-order valence-electron chi connectivity index (χ3n) is 6.65. The number of piperazine rings is 1. The van der Waals surface area contributed by atoms with Gasteiger partial charge in [0.25, 0.3) is 5.56 Å². The number of nitrogens with zero attached hydrogens (tertiary/aromatic N) is 5. The molecule has 2 N–H and O–H groups in total. The van der Waals surface area contributed by atoms with Gasteiger partial charge in [0.1, 0.15) is 5.56 Å². The van der Waals surface area contributed by atoms with Gasteiger partial charge in [0, 0.05) is 51.5 Å². The number of alkyl halides is 6. The molecular weight excluding hydrogens is 508 g/mol. The second-order valence-corrected chi connectivity index (χ2v) is 9.73. The van der Waals surface area contributed by atoms with Crippen LogP contribution in [-0.4, -0.2) is 63.7 Å². The van der Waals surface area contributed by atoms with E-state index < -0.39 is 40.5 Å². The summed E-state index contributed by atoms with van der Waals surface area (Å²) in [6.45, 7) is 5.02. The van der Waals surface area contributed by atoms with Gasteiger partial charge < -0.3 is 15.1 Å². The predicted molar refractivity (Wildman–Crippen MR) is 119 cm³/mol. The van der Waals surface area contributed by atoms with Gasteiger partial charge in [0.05, 0.1) is 17.3 Å². The van der Waals surface area contributed by atoms with Crippen LogP contribution in [0.5, 0.6) is 0 Å². The van der Waals surface area contributed by atoms with Crippen molar-refractivity contribution in [1.82, 2.24) is 30.4 Å². The van der Waals surface area contributed by atoms with Gasteiger partial charge in [-0.3, -0.25) is 9.59 Å². The number of nitrogens with one attached hydrogen (secondary N) is 2. The zero-order valence-corrected chi connectivity index (χ0v) is 20.0. The van der Waals surface area contributed by atoms with E-state index in [0.717, 1.165) is 12.4 Å². The molecule has 0 spiro atoms. The van der Waals surface area contributed by atoms with Crippen LogP contribution in [-0.2, 0) is 23.6 Å². The average molecular weight is 533 g/mol. The molecule has 2 aliphatic rings. The summed E-state index contributed by atoms with van der Waals surface area (Å²) in [5.41, 5.74) is -4.14. The lowest BCUT2D eigenvalue weighted by Crippen LogP contribution is -2.49. The van der Waals surface area contributed by atoms with Crippen LogP contribution in [0.1, 0.15) is 48.7 Å². The molecule has 3 heterocycles. The molecule has 2 aromatic rings. The number of carbonyl (C=O) groups excluding carboxylic acids is 1. The first-order valence-corrected chi connectivity index (χ1v) is 11.5. The fraction of sp³-hybridized carbons (Fsp3) is 0.591. The first-order valence-electron chi connectivity index (χ1n) is 11.5. The molecule has 37 heavy (non-hydrogen) atoms. The molecule has 1 atom stereocenters. The second kappa shape index (κ2) is 9.58. The van der Waals surface area contributed by atoms with Crippen molar-refractivity contribution >= 4 is 11.9 Å². The van der Waals surface area contributed by atoms with Crippen LogP contribution in [0, 0.1) is 5.41 Å². The van der Waals surface area contributed by atoms with Gasteiger partial charge in [0.15, 0.2) is 0 Å². The number of hydrogen-bond acceptors (Lipinski definition) is 7. The van der Waals surface area contributed by atoms with Crippen molar-refractivity contribution in [3.05, 3.63) is 45.1 Å². The molecule has 4 rings (SSSR count). The molecule has 0 bridgehead atoms. The maximum absolute atomic E-state index is 13.5. The molecule has 1 unspecified atom stereocenters. The van der Waals surface area contributed by atoms with Crippen molar-refractivity contribution in [2.75, 3.05) is 37.6 Å². The standard InChI is InChI=1S/C22H25F6N7O2/c1-20(2)9-13-15(22(26,27)28)18(37)33-32-16(13)17(20)29-4-3-14(36)34-5-7-35(8-6-34)19-30-10-12(11-31-19)21(23,24)25/h10-11,17,29H,3-9H2,1-2H3,(H,33,37). The fourth-order valence-electron chi connectivity index (χ4n) is 4.79. The molecule has 202 valence electrons. The number of rotatable bonds is 5. The van der Waals surface area contributed by atoms with Gasteiger partial charge >= 0.3 is 12.4 Å².